The van der Waals surface area contributed by atoms with Crippen molar-refractivity contribution >= 4 is 11.8 Å². The van der Waals surface area contributed by atoms with E-state index < -0.39 is 0 Å². The fourth-order valence-corrected chi connectivity index (χ4v) is 7.84. The van der Waals surface area contributed by atoms with Crippen LogP contribution in [-0.2, 0) is 24.2 Å². The Morgan fingerprint density at radius 3 is 2.08 bits per heavy atom. The first-order chi connectivity index (χ1) is 25.0. The van der Waals surface area contributed by atoms with Crippen LogP contribution >= 0.6 is 0 Å². The van der Waals surface area contributed by atoms with E-state index in [1.807, 2.05) is 64.4 Å². The molecule has 0 spiro atoms. The fourth-order valence-electron chi connectivity index (χ4n) is 7.84. The summed E-state index contributed by atoms with van der Waals surface area (Å²) in [5, 5.41) is 13.2. The second-order valence-electron chi connectivity index (χ2n) is 14.7. The third-order valence-corrected chi connectivity index (χ3v) is 11.0. The molecule has 0 aliphatic carbocycles. The SMILES string of the molecule is O=C(CCCc1ccccc1)N(CCc1ccc(O)cc1)Cc1cccc(-c2cccc(C(=O)N3CCC(CCCC4CCNCC4)CC3)c2)c1. The standard InChI is InChI=1S/C45H55N3O3/c49-43-20-18-38(19-21-43)26-31-48(44(50)17-6-12-35-8-2-1-3-9-35)34-39-13-5-14-40(32-39)41-15-7-16-42(33-41)45(51)47-29-24-37(25-30-47)11-4-10-36-22-27-46-28-23-36/h1-3,5,7-9,13-16,18-21,32-33,36-37,46,49H,4,6,10-12,17,22-31,34H2. The summed E-state index contributed by atoms with van der Waals surface area (Å²) in [7, 11) is 0. The van der Waals surface area contributed by atoms with Gasteiger partial charge in [0.1, 0.15) is 5.75 Å². The van der Waals surface area contributed by atoms with Crippen molar-refractivity contribution in [3.63, 3.8) is 0 Å². The number of nitrogens with zero attached hydrogens (tertiary/aromatic N) is 2. The molecule has 2 amide bonds. The van der Waals surface area contributed by atoms with E-state index in [1.165, 1.54) is 50.8 Å². The van der Waals surface area contributed by atoms with Crippen LogP contribution in [0, 0.1) is 11.8 Å². The van der Waals surface area contributed by atoms with E-state index in [2.05, 4.69) is 41.7 Å². The topological polar surface area (TPSA) is 72.9 Å². The van der Waals surface area contributed by atoms with Gasteiger partial charge in [0.2, 0.25) is 5.91 Å². The Balaban J connectivity index is 1.06. The van der Waals surface area contributed by atoms with Gasteiger partial charge in [-0.15, -0.1) is 0 Å². The van der Waals surface area contributed by atoms with E-state index >= 15 is 0 Å². The molecule has 0 radical (unpaired) electrons. The average molecular weight is 686 g/mol. The van der Waals surface area contributed by atoms with Crippen molar-refractivity contribution in [2.24, 2.45) is 11.8 Å². The Morgan fingerprint density at radius 2 is 1.33 bits per heavy atom. The van der Waals surface area contributed by atoms with Crippen LogP contribution in [0.15, 0.2) is 103 Å². The highest BCUT2D eigenvalue weighted by Crippen LogP contribution is 2.28. The number of phenolic OH excluding ortho intramolecular Hbond substituents is 1. The lowest BCUT2D eigenvalue weighted by Crippen LogP contribution is -2.38. The molecule has 6 rings (SSSR count). The number of aromatic hydroxyl groups is 1. The number of amides is 2. The summed E-state index contributed by atoms with van der Waals surface area (Å²) < 4.78 is 0. The molecule has 268 valence electrons. The zero-order valence-corrected chi connectivity index (χ0v) is 30.1. The lowest BCUT2D eigenvalue weighted by atomic mass is 9.87. The molecule has 6 nitrogen and oxygen atoms in total. The van der Waals surface area contributed by atoms with Gasteiger partial charge in [0.25, 0.3) is 5.91 Å². The monoisotopic (exact) mass is 685 g/mol. The molecule has 2 aliphatic heterocycles. The molecule has 0 atom stereocenters. The molecule has 2 fully saturated rings. The van der Waals surface area contributed by atoms with Gasteiger partial charge in [0.05, 0.1) is 0 Å². The van der Waals surface area contributed by atoms with Crippen LogP contribution in [0.5, 0.6) is 5.75 Å². The number of carbonyl (C=O) groups is 2. The van der Waals surface area contributed by atoms with Gasteiger partial charge in [-0.3, -0.25) is 9.59 Å². The molecule has 4 aromatic rings. The van der Waals surface area contributed by atoms with E-state index in [1.54, 1.807) is 12.1 Å². The van der Waals surface area contributed by atoms with Crippen LogP contribution in [0.25, 0.3) is 11.1 Å². The number of nitrogens with one attached hydrogen (secondary N) is 1. The smallest absolute Gasteiger partial charge is 0.253 e. The predicted octanol–water partition coefficient (Wildman–Crippen LogP) is 8.68. The second kappa shape index (κ2) is 18.7. The zero-order chi connectivity index (χ0) is 35.3. The van der Waals surface area contributed by atoms with Crippen LogP contribution in [0.3, 0.4) is 0 Å². The minimum absolute atomic E-state index is 0.127. The fraction of sp³-hybridized carbons (Fsp3) is 0.422. The molecule has 0 saturated carbocycles. The van der Waals surface area contributed by atoms with Crippen LogP contribution in [0.1, 0.15) is 84.8 Å². The Hall–Kier alpha value is -4.42. The van der Waals surface area contributed by atoms with E-state index in [0.717, 1.165) is 78.4 Å². The normalized spacial score (nSPS) is 15.5. The summed E-state index contributed by atoms with van der Waals surface area (Å²) in [6.45, 7) is 5.15. The van der Waals surface area contributed by atoms with Gasteiger partial charge >= 0.3 is 0 Å². The Labute approximate surface area is 304 Å². The number of rotatable bonds is 15. The highest BCUT2D eigenvalue weighted by Gasteiger charge is 2.24. The lowest BCUT2D eigenvalue weighted by Gasteiger charge is -2.32. The molecule has 0 aromatic heterocycles. The first kappa shape index (κ1) is 36.4. The van der Waals surface area contributed by atoms with Crippen molar-refractivity contribution in [1.29, 1.82) is 0 Å². The number of aryl methyl sites for hydroxylation is 1. The molecule has 4 aromatic carbocycles. The molecule has 6 heteroatoms. The van der Waals surface area contributed by atoms with Crippen LogP contribution in [-0.4, -0.2) is 59.4 Å². The van der Waals surface area contributed by atoms with Crippen molar-refractivity contribution in [2.75, 3.05) is 32.7 Å². The Bertz CT molecular complexity index is 1670. The number of carbonyl (C=O) groups excluding carboxylic acids is 2. The van der Waals surface area contributed by atoms with Gasteiger partial charge in [-0.05, 0) is 128 Å². The maximum atomic E-state index is 13.6. The third kappa shape index (κ3) is 11.0. The molecule has 0 unspecified atom stereocenters. The zero-order valence-electron chi connectivity index (χ0n) is 30.1. The highest BCUT2D eigenvalue weighted by molar-refractivity contribution is 5.95. The highest BCUT2D eigenvalue weighted by atomic mass is 16.3. The molecular weight excluding hydrogens is 631 g/mol. The van der Waals surface area contributed by atoms with E-state index in [-0.39, 0.29) is 17.6 Å². The van der Waals surface area contributed by atoms with E-state index in [4.69, 9.17) is 0 Å². The molecule has 2 saturated heterocycles. The number of hydrogen-bond acceptors (Lipinski definition) is 4. The average Bonchev–Trinajstić information content (AvgIpc) is 3.18. The van der Waals surface area contributed by atoms with Crippen molar-refractivity contribution in [2.45, 2.75) is 77.2 Å². The van der Waals surface area contributed by atoms with Gasteiger partial charge in [0.15, 0.2) is 0 Å². The Kier molecular flexibility index (Phi) is 13.3. The number of phenols is 1. The molecule has 51 heavy (non-hydrogen) atoms. The van der Waals surface area contributed by atoms with Gasteiger partial charge < -0.3 is 20.2 Å². The first-order valence-electron chi connectivity index (χ1n) is 19.3. The van der Waals surface area contributed by atoms with Crippen LogP contribution < -0.4 is 5.32 Å². The quantitative estimate of drug-likeness (QED) is 0.131. The first-order valence-corrected chi connectivity index (χ1v) is 19.3. The molecule has 2 N–H and O–H groups in total. The second-order valence-corrected chi connectivity index (χ2v) is 14.7. The van der Waals surface area contributed by atoms with Gasteiger partial charge in [-0.2, -0.15) is 0 Å². The summed E-state index contributed by atoms with van der Waals surface area (Å²) in [5.74, 6) is 2.15. The molecule has 0 bridgehead atoms. The number of piperidine rings is 2. The summed E-state index contributed by atoms with van der Waals surface area (Å²) in [6.07, 6.45) is 11.7. The molecule has 2 aliphatic rings. The summed E-state index contributed by atoms with van der Waals surface area (Å²) in [6, 6.07) is 34.0. The van der Waals surface area contributed by atoms with Crippen molar-refractivity contribution < 1.29 is 14.7 Å². The number of likely N-dealkylation sites (tertiary alicyclic amines) is 1. The summed E-state index contributed by atoms with van der Waals surface area (Å²) in [5.41, 5.74) is 6.20. The lowest BCUT2D eigenvalue weighted by molar-refractivity contribution is -0.131. The predicted molar refractivity (Wildman–Crippen MR) is 207 cm³/mol. The Morgan fingerprint density at radius 1 is 0.686 bits per heavy atom. The minimum Gasteiger partial charge on any atom is -0.508 e. The molecular formula is C45H55N3O3. The third-order valence-electron chi connectivity index (χ3n) is 11.0. The van der Waals surface area contributed by atoms with Gasteiger partial charge in [-0.1, -0.05) is 92.1 Å². The van der Waals surface area contributed by atoms with E-state index in [9.17, 15) is 14.7 Å². The van der Waals surface area contributed by atoms with Gasteiger partial charge in [0, 0.05) is 38.2 Å². The largest absolute Gasteiger partial charge is 0.508 e. The minimum atomic E-state index is 0.127. The van der Waals surface area contributed by atoms with Gasteiger partial charge in [-0.25, -0.2) is 0 Å². The van der Waals surface area contributed by atoms with Crippen molar-refractivity contribution in [1.82, 2.24) is 15.1 Å². The van der Waals surface area contributed by atoms with E-state index in [0.29, 0.717) is 25.9 Å². The maximum Gasteiger partial charge on any atom is 0.253 e. The van der Waals surface area contributed by atoms with Crippen molar-refractivity contribution in [3.05, 3.63) is 125 Å². The summed E-state index contributed by atoms with van der Waals surface area (Å²) >= 11 is 0. The maximum absolute atomic E-state index is 13.6. The summed E-state index contributed by atoms with van der Waals surface area (Å²) in [4.78, 5) is 31.3. The van der Waals surface area contributed by atoms with Crippen LogP contribution in [0.2, 0.25) is 0 Å². The van der Waals surface area contributed by atoms with Crippen molar-refractivity contribution in [3.8, 4) is 16.9 Å². The molecule has 2 heterocycles. The van der Waals surface area contributed by atoms with Crippen LogP contribution in [0.4, 0.5) is 0 Å². The number of hydrogen-bond donors (Lipinski definition) is 2. The number of benzene rings is 4.